The molecule has 3 N–H and O–H groups in total. The molecule has 0 fully saturated rings. The Bertz CT molecular complexity index is 825. The molecule has 6 nitrogen and oxygen atoms in total. The molecule has 26 heavy (non-hydrogen) atoms. The molecule has 136 valence electrons. The number of hydrogen-bond acceptors (Lipinski definition) is 6. The van der Waals surface area contributed by atoms with Gasteiger partial charge in [0.15, 0.2) is 0 Å². The van der Waals surface area contributed by atoms with E-state index < -0.39 is 0 Å². The van der Waals surface area contributed by atoms with Gasteiger partial charge in [0.05, 0.1) is 0 Å². The van der Waals surface area contributed by atoms with Crippen molar-refractivity contribution in [3.63, 3.8) is 0 Å². The van der Waals surface area contributed by atoms with E-state index >= 15 is 0 Å². The number of rotatable bonds is 8. The van der Waals surface area contributed by atoms with Gasteiger partial charge in [0.1, 0.15) is 11.6 Å². The molecule has 2 rings (SSSR count). The number of nitrogens with zero attached hydrogens (tertiary/aromatic N) is 3. The Labute approximate surface area is 155 Å². The Morgan fingerprint density at radius 2 is 2.04 bits per heavy atom. The highest BCUT2D eigenvalue weighted by molar-refractivity contribution is 5.66. The van der Waals surface area contributed by atoms with Crippen molar-refractivity contribution in [2.75, 3.05) is 16.0 Å². The van der Waals surface area contributed by atoms with Gasteiger partial charge in [-0.25, -0.2) is 9.97 Å². The van der Waals surface area contributed by atoms with Gasteiger partial charge in [-0.15, -0.1) is 0 Å². The zero-order valence-electron chi connectivity index (χ0n) is 15.8. The van der Waals surface area contributed by atoms with E-state index in [0.717, 1.165) is 28.2 Å². The fourth-order valence-corrected chi connectivity index (χ4v) is 2.31. The predicted molar refractivity (Wildman–Crippen MR) is 110 cm³/mol. The summed E-state index contributed by atoms with van der Waals surface area (Å²) in [5, 5.41) is 9.48. The first-order valence-electron chi connectivity index (χ1n) is 8.43. The molecule has 1 unspecified atom stereocenters. The molecule has 1 atom stereocenters. The first-order chi connectivity index (χ1) is 12.4. The summed E-state index contributed by atoms with van der Waals surface area (Å²) in [6.07, 6.45) is 7.26. The van der Waals surface area contributed by atoms with E-state index in [1.165, 1.54) is 0 Å². The van der Waals surface area contributed by atoms with Gasteiger partial charge in [-0.05, 0) is 51.6 Å². The van der Waals surface area contributed by atoms with Crippen LogP contribution in [0.2, 0.25) is 0 Å². The number of aryl methyl sites for hydroxylation is 1. The zero-order chi connectivity index (χ0) is 19.1. The molecular formula is C20H26N6. The molecule has 0 aliphatic rings. The molecule has 2 heterocycles. The average molecular weight is 350 g/mol. The van der Waals surface area contributed by atoms with E-state index in [9.17, 15) is 0 Å². The normalized spacial score (nSPS) is 12.2. The summed E-state index contributed by atoms with van der Waals surface area (Å²) in [5.74, 6) is 2.05. The minimum absolute atomic E-state index is 0.0483. The van der Waals surface area contributed by atoms with E-state index in [0.29, 0.717) is 11.8 Å². The van der Waals surface area contributed by atoms with Crippen LogP contribution >= 0.6 is 0 Å². The Morgan fingerprint density at radius 1 is 1.27 bits per heavy atom. The maximum absolute atomic E-state index is 4.44. The standard InChI is InChI=1S/C20H26N6/c1-7-21-19-17(10-14(4)12-23-19)11-15(5)16(6)25-20-22-9-8-18(26-20)24-13(2)3/h7-12,16H,1-2H2,3-6H3,(H,21,23)(H2,22,24,25,26)/b15-11+. The maximum atomic E-state index is 4.44. The van der Waals surface area contributed by atoms with E-state index in [1.807, 2.05) is 20.0 Å². The van der Waals surface area contributed by atoms with E-state index in [1.54, 1.807) is 18.5 Å². The van der Waals surface area contributed by atoms with Crippen LogP contribution in [0.15, 0.2) is 55.2 Å². The molecule has 0 aromatic carbocycles. The monoisotopic (exact) mass is 350 g/mol. The highest BCUT2D eigenvalue weighted by atomic mass is 15.1. The number of allylic oxidation sites excluding steroid dienone is 1. The van der Waals surface area contributed by atoms with Crippen molar-refractivity contribution in [1.82, 2.24) is 15.0 Å². The fourth-order valence-electron chi connectivity index (χ4n) is 2.31. The number of hydrogen-bond donors (Lipinski definition) is 3. The molecule has 0 radical (unpaired) electrons. The number of pyridine rings is 1. The molecule has 0 aliphatic carbocycles. The van der Waals surface area contributed by atoms with Crippen LogP contribution in [0.1, 0.15) is 31.9 Å². The first-order valence-corrected chi connectivity index (χ1v) is 8.43. The molecule has 0 saturated carbocycles. The second-order valence-corrected chi connectivity index (χ2v) is 6.22. The zero-order valence-corrected chi connectivity index (χ0v) is 15.8. The SMILES string of the molecule is C=CNc1ncc(C)cc1/C=C(\C)C(C)Nc1nccc(NC(=C)C)n1. The minimum Gasteiger partial charge on any atom is -0.348 e. The minimum atomic E-state index is 0.0483. The summed E-state index contributed by atoms with van der Waals surface area (Å²) in [4.78, 5) is 13.1. The second-order valence-electron chi connectivity index (χ2n) is 6.22. The summed E-state index contributed by atoms with van der Waals surface area (Å²) >= 11 is 0. The predicted octanol–water partition coefficient (Wildman–Crippen LogP) is 4.58. The number of aromatic nitrogens is 3. The Hall–Kier alpha value is -3.15. The Kier molecular flexibility index (Phi) is 6.49. The van der Waals surface area contributed by atoms with Crippen LogP contribution < -0.4 is 16.0 Å². The lowest BCUT2D eigenvalue weighted by Crippen LogP contribution is -2.18. The third-order valence-corrected chi connectivity index (χ3v) is 3.70. The molecule has 2 aromatic heterocycles. The molecule has 0 bridgehead atoms. The lowest BCUT2D eigenvalue weighted by atomic mass is 10.1. The topological polar surface area (TPSA) is 74.8 Å². The van der Waals surface area contributed by atoms with Crippen LogP contribution in [-0.4, -0.2) is 21.0 Å². The summed E-state index contributed by atoms with van der Waals surface area (Å²) in [6.45, 7) is 15.6. The number of anilines is 3. The summed E-state index contributed by atoms with van der Waals surface area (Å²) in [7, 11) is 0. The molecule has 0 spiro atoms. The Morgan fingerprint density at radius 3 is 2.73 bits per heavy atom. The van der Waals surface area contributed by atoms with Crippen LogP contribution in [0.3, 0.4) is 0 Å². The van der Waals surface area contributed by atoms with Gasteiger partial charge in [0, 0.05) is 29.7 Å². The van der Waals surface area contributed by atoms with Gasteiger partial charge < -0.3 is 16.0 Å². The molecule has 6 heteroatoms. The van der Waals surface area contributed by atoms with Crippen LogP contribution in [0.5, 0.6) is 0 Å². The molecule has 2 aromatic rings. The smallest absolute Gasteiger partial charge is 0.225 e. The van der Waals surface area contributed by atoms with Gasteiger partial charge in [0.2, 0.25) is 5.95 Å². The molecule has 0 saturated heterocycles. The maximum Gasteiger partial charge on any atom is 0.225 e. The van der Waals surface area contributed by atoms with E-state index in [-0.39, 0.29) is 6.04 Å². The van der Waals surface area contributed by atoms with E-state index in [4.69, 9.17) is 0 Å². The summed E-state index contributed by atoms with van der Waals surface area (Å²) < 4.78 is 0. The quantitative estimate of drug-likeness (QED) is 0.647. The van der Waals surface area contributed by atoms with Crippen molar-refractivity contribution in [3.05, 3.63) is 66.3 Å². The van der Waals surface area contributed by atoms with Crippen LogP contribution in [0.4, 0.5) is 17.6 Å². The number of nitrogens with one attached hydrogen (secondary N) is 3. The third-order valence-electron chi connectivity index (χ3n) is 3.70. The van der Waals surface area contributed by atoms with Crippen molar-refractivity contribution < 1.29 is 0 Å². The summed E-state index contributed by atoms with van der Waals surface area (Å²) in [5.41, 5.74) is 4.06. The van der Waals surface area contributed by atoms with Gasteiger partial charge in [-0.1, -0.05) is 24.8 Å². The largest absolute Gasteiger partial charge is 0.348 e. The first kappa shape index (κ1) is 19.2. The molecule has 0 aliphatic heterocycles. The summed E-state index contributed by atoms with van der Waals surface area (Å²) in [6, 6.07) is 3.94. The van der Waals surface area contributed by atoms with Crippen molar-refractivity contribution in [2.24, 2.45) is 0 Å². The highest BCUT2D eigenvalue weighted by Crippen LogP contribution is 2.20. The van der Waals surface area contributed by atoms with Gasteiger partial charge in [0.25, 0.3) is 0 Å². The lowest BCUT2D eigenvalue weighted by molar-refractivity contribution is 0.903. The fraction of sp³-hybridized carbons (Fsp3) is 0.250. The molecule has 0 amide bonds. The van der Waals surface area contributed by atoms with Crippen LogP contribution in [0.25, 0.3) is 6.08 Å². The van der Waals surface area contributed by atoms with Crippen LogP contribution in [0, 0.1) is 6.92 Å². The van der Waals surface area contributed by atoms with Crippen molar-refractivity contribution in [1.29, 1.82) is 0 Å². The van der Waals surface area contributed by atoms with Gasteiger partial charge >= 0.3 is 0 Å². The molecular weight excluding hydrogens is 324 g/mol. The Balaban J connectivity index is 2.18. The van der Waals surface area contributed by atoms with Crippen molar-refractivity contribution in [3.8, 4) is 0 Å². The van der Waals surface area contributed by atoms with E-state index in [2.05, 4.69) is 70.1 Å². The second kappa shape index (κ2) is 8.80. The highest BCUT2D eigenvalue weighted by Gasteiger charge is 2.09. The third kappa shape index (κ3) is 5.44. The van der Waals surface area contributed by atoms with Gasteiger partial charge in [-0.2, -0.15) is 4.98 Å². The van der Waals surface area contributed by atoms with Gasteiger partial charge in [-0.3, -0.25) is 0 Å². The average Bonchev–Trinajstić information content (AvgIpc) is 2.57. The van der Waals surface area contributed by atoms with Crippen molar-refractivity contribution >= 4 is 23.7 Å². The van der Waals surface area contributed by atoms with Crippen LogP contribution in [-0.2, 0) is 0 Å². The lowest BCUT2D eigenvalue weighted by Gasteiger charge is -2.16. The van der Waals surface area contributed by atoms with Crippen molar-refractivity contribution in [2.45, 2.75) is 33.7 Å².